The van der Waals surface area contributed by atoms with E-state index in [1.807, 2.05) is 61.5 Å². The zero-order valence-corrected chi connectivity index (χ0v) is 17.4. The fourth-order valence-electron chi connectivity index (χ4n) is 3.70. The predicted octanol–water partition coefficient (Wildman–Crippen LogP) is 3.60. The van der Waals surface area contributed by atoms with E-state index in [9.17, 15) is 14.4 Å². The highest BCUT2D eigenvalue weighted by molar-refractivity contribution is 6.23. The molecule has 4 rings (SSSR count). The largest absolute Gasteiger partial charge is 0.378 e. The Kier molecular flexibility index (Phi) is 5.54. The van der Waals surface area contributed by atoms with Crippen LogP contribution in [0, 0.1) is 0 Å². The van der Waals surface area contributed by atoms with Gasteiger partial charge in [0.1, 0.15) is 6.04 Å². The molecule has 0 aromatic heterocycles. The molecule has 0 saturated heterocycles. The van der Waals surface area contributed by atoms with Gasteiger partial charge >= 0.3 is 0 Å². The second kappa shape index (κ2) is 8.44. The standard InChI is InChI=1S/C25H23N3O3/c1-27(2)19-14-12-18(13-15-19)26-23(29)22(16-17-8-4-3-5-9-17)28-24(30)20-10-6-7-11-21(20)25(28)31/h3-15,22H,16H2,1-2H3,(H,26,29). The predicted molar refractivity (Wildman–Crippen MR) is 120 cm³/mol. The molecule has 1 heterocycles. The maximum absolute atomic E-state index is 13.3. The number of nitrogens with one attached hydrogen (secondary N) is 1. The molecule has 0 saturated carbocycles. The zero-order valence-electron chi connectivity index (χ0n) is 17.4. The van der Waals surface area contributed by atoms with Crippen molar-refractivity contribution in [3.63, 3.8) is 0 Å². The summed E-state index contributed by atoms with van der Waals surface area (Å²) in [5, 5.41) is 2.87. The van der Waals surface area contributed by atoms with E-state index in [2.05, 4.69) is 5.32 Å². The number of hydrogen-bond donors (Lipinski definition) is 1. The molecule has 6 heteroatoms. The molecule has 3 amide bonds. The minimum absolute atomic E-state index is 0.230. The van der Waals surface area contributed by atoms with E-state index in [1.165, 1.54) is 0 Å². The van der Waals surface area contributed by atoms with E-state index in [1.54, 1.807) is 36.4 Å². The van der Waals surface area contributed by atoms with Gasteiger partial charge in [0, 0.05) is 31.9 Å². The van der Waals surface area contributed by atoms with E-state index < -0.39 is 23.8 Å². The van der Waals surface area contributed by atoms with Crippen molar-refractivity contribution in [3.05, 3.63) is 95.6 Å². The van der Waals surface area contributed by atoms with E-state index >= 15 is 0 Å². The van der Waals surface area contributed by atoms with E-state index in [0.717, 1.165) is 16.2 Å². The summed E-state index contributed by atoms with van der Waals surface area (Å²) in [5.41, 5.74) is 3.12. The van der Waals surface area contributed by atoms with Gasteiger partial charge in [-0.3, -0.25) is 19.3 Å². The lowest BCUT2D eigenvalue weighted by Crippen LogP contribution is -2.48. The number of carbonyl (C=O) groups excluding carboxylic acids is 3. The first-order chi connectivity index (χ1) is 15.0. The molecule has 1 aliphatic rings. The molecule has 1 atom stereocenters. The quantitative estimate of drug-likeness (QED) is 0.627. The Morgan fingerprint density at radius 2 is 1.39 bits per heavy atom. The van der Waals surface area contributed by atoms with Gasteiger partial charge in [-0.2, -0.15) is 0 Å². The van der Waals surface area contributed by atoms with Crippen LogP contribution in [-0.2, 0) is 11.2 Å². The van der Waals surface area contributed by atoms with Gasteiger partial charge in [-0.25, -0.2) is 0 Å². The van der Waals surface area contributed by atoms with Crippen LogP contribution in [0.5, 0.6) is 0 Å². The third kappa shape index (κ3) is 4.05. The average molecular weight is 413 g/mol. The number of carbonyl (C=O) groups is 3. The number of hydrogen-bond acceptors (Lipinski definition) is 4. The second-order valence-corrected chi connectivity index (χ2v) is 7.66. The fourth-order valence-corrected chi connectivity index (χ4v) is 3.70. The number of imide groups is 1. The number of fused-ring (bicyclic) bond motifs is 1. The summed E-state index contributed by atoms with van der Waals surface area (Å²) in [4.78, 5) is 42.4. The molecule has 156 valence electrons. The fraction of sp³-hybridized carbons (Fsp3) is 0.160. The first-order valence-electron chi connectivity index (χ1n) is 10.0. The maximum Gasteiger partial charge on any atom is 0.262 e. The van der Waals surface area contributed by atoms with Gasteiger partial charge in [-0.05, 0) is 42.0 Å². The first kappa shape index (κ1) is 20.3. The zero-order chi connectivity index (χ0) is 22.0. The Labute approximate surface area is 181 Å². The first-order valence-corrected chi connectivity index (χ1v) is 10.0. The van der Waals surface area contributed by atoms with Gasteiger partial charge < -0.3 is 10.2 Å². The highest BCUT2D eigenvalue weighted by atomic mass is 16.2. The topological polar surface area (TPSA) is 69.7 Å². The molecule has 1 unspecified atom stereocenters. The van der Waals surface area contributed by atoms with Crippen molar-refractivity contribution < 1.29 is 14.4 Å². The molecule has 1 aliphatic heterocycles. The molecular weight excluding hydrogens is 390 g/mol. The van der Waals surface area contributed by atoms with Crippen molar-refractivity contribution >= 4 is 29.1 Å². The van der Waals surface area contributed by atoms with Crippen LogP contribution in [0.2, 0.25) is 0 Å². The highest BCUT2D eigenvalue weighted by Gasteiger charge is 2.42. The van der Waals surface area contributed by atoms with Crippen LogP contribution in [0.15, 0.2) is 78.9 Å². The maximum atomic E-state index is 13.3. The monoisotopic (exact) mass is 413 g/mol. The summed E-state index contributed by atoms with van der Waals surface area (Å²) in [7, 11) is 3.87. The van der Waals surface area contributed by atoms with Crippen molar-refractivity contribution in [3.8, 4) is 0 Å². The lowest BCUT2D eigenvalue weighted by Gasteiger charge is -2.25. The summed E-state index contributed by atoms with van der Waals surface area (Å²) in [6.45, 7) is 0. The van der Waals surface area contributed by atoms with Crippen LogP contribution < -0.4 is 10.2 Å². The van der Waals surface area contributed by atoms with Crippen molar-refractivity contribution in [2.24, 2.45) is 0 Å². The summed E-state index contributed by atoms with van der Waals surface area (Å²) in [6, 6.07) is 22.5. The lowest BCUT2D eigenvalue weighted by molar-refractivity contribution is -0.119. The smallest absolute Gasteiger partial charge is 0.262 e. The van der Waals surface area contributed by atoms with Gasteiger partial charge in [0.15, 0.2) is 0 Å². The van der Waals surface area contributed by atoms with Crippen LogP contribution in [-0.4, -0.2) is 42.8 Å². The van der Waals surface area contributed by atoms with Gasteiger partial charge in [0.05, 0.1) is 11.1 Å². The summed E-state index contributed by atoms with van der Waals surface area (Å²) >= 11 is 0. The van der Waals surface area contributed by atoms with Gasteiger partial charge in [-0.15, -0.1) is 0 Å². The lowest BCUT2D eigenvalue weighted by atomic mass is 10.0. The summed E-state index contributed by atoms with van der Waals surface area (Å²) in [6.07, 6.45) is 0.230. The molecule has 0 bridgehead atoms. The Balaban J connectivity index is 1.64. The van der Waals surface area contributed by atoms with Crippen LogP contribution in [0.25, 0.3) is 0 Å². The third-order valence-electron chi connectivity index (χ3n) is 5.36. The molecule has 3 aromatic rings. The van der Waals surface area contributed by atoms with Crippen LogP contribution in [0.3, 0.4) is 0 Å². The van der Waals surface area contributed by atoms with Crippen LogP contribution >= 0.6 is 0 Å². The number of rotatable bonds is 6. The molecule has 6 nitrogen and oxygen atoms in total. The molecular formula is C25H23N3O3. The number of amides is 3. The molecule has 0 spiro atoms. The molecule has 1 N–H and O–H groups in total. The van der Waals surface area contributed by atoms with Crippen molar-refractivity contribution in [2.75, 3.05) is 24.3 Å². The van der Waals surface area contributed by atoms with E-state index in [-0.39, 0.29) is 6.42 Å². The van der Waals surface area contributed by atoms with E-state index in [0.29, 0.717) is 16.8 Å². The minimum atomic E-state index is -0.969. The number of anilines is 2. The molecule has 3 aromatic carbocycles. The average Bonchev–Trinajstić information content (AvgIpc) is 3.03. The van der Waals surface area contributed by atoms with Gasteiger partial charge in [-0.1, -0.05) is 42.5 Å². The minimum Gasteiger partial charge on any atom is -0.378 e. The Bertz CT molecular complexity index is 1090. The van der Waals surface area contributed by atoms with Crippen molar-refractivity contribution in [1.29, 1.82) is 0 Å². The Morgan fingerprint density at radius 3 is 1.94 bits per heavy atom. The second-order valence-electron chi connectivity index (χ2n) is 7.66. The summed E-state index contributed by atoms with van der Waals surface area (Å²) in [5.74, 6) is -1.30. The van der Waals surface area contributed by atoms with Crippen LogP contribution in [0.4, 0.5) is 11.4 Å². The van der Waals surface area contributed by atoms with Crippen molar-refractivity contribution in [2.45, 2.75) is 12.5 Å². The summed E-state index contributed by atoms with van der Waals surface area (Å²) < 4.78 is 0. The Hall–Kier alpha value is -3.93. The number of benzene rings is 3. The molecule has 0 fully saturated rings. The van der Waals surface area contributed by atoms with Gasteiger partial charge in [0.2, 0.25) is 5.91 Å². The van der Waals surface area contributed by atoms with Crippen molar-refractivity contribution in [1.82, 2.24) is 4.90 Å². The Morgan fingerprint density at radius 1 is 0.839 bits per heavy atom. The normalized spacial score (nSPS) is 13.7. The molecule has 0 aliphatic carbocycles. The van der Waals surface area contributed by atoms with Crippen LogP contribution in [0.1, 0.15) is 26.3 Å². The number of nitrogens with zero attached hydrogens (tertiary/aromatic N) is 2. The molecule has 31 heavy (non-hydrogen) atoms. The van der Waals surface area contributed by atoms with E-state index in [4.69, 9.17) is 0 Å². The third-order valence-corrected chi connectivity index (χ3v) is 5.36. The SMILES string of the molecule is CN(C)c1ccc(NC(=O)C(Cc2ccccc2)N2C(=O)c3ccccc3C2=O)cc1. The molecule has 0 radical (unpaired) electrons. The highest BCUT2D eigenvalue weighted by Crippen LogP contribution is 2.27. The van der Waals surface area contributed by atoms with Gasteiger partial charge in [0.25, 0.3) is 11.8 Å².